The molecular formula is CHF3INS. The molecule has 0 aromatic rings. The van der Waals surface area contributed by atoms with Crippen LogP contribution in [0.3, 0.4) is 0 Å². The maximum atomic E-state index is 10.5. The Morgan fingerprint density at radius 1 is 1.29 bits per heavy atom. The van der Waals surface area contributed by atoms with Gasteiger partial charge in [-0.2, -0.15) is 0 Å². The Morgan fingerprint density at radius 2 is 1.43 bits per heavy atom. The van der Waals surface area contributed by atoms with Crippen LogP contribution in [-0.4, -0.2) is 6.30 Å². The molecule has 0 radical (unpaired) electrons. The third kappa shape index (κ3) is 10.8. The molecule has 6 heteroatoms. The van der Waals surface area contributed by atoms with Crippen molar-refractivity contribution in [2.45, 2.75) is 6.30 Å². The molecule has 7 heavy (non-hydrogen) atoms. The van der Waals surface area contributed by atoms with Crippen molar-refractivity contribution in [1.29, 1.82) is 0 Å². The van der Waals surface area contributed by atoms with Gasteiger partial charge in [-0.1, -0.05) is 0 Å². The molecule has 0 heterocycles. The van der Waals surface area contributed by atoms with Crippen molar-refractivity contribution in [3.05, 3.63) is 0 Å². The van der Waals surface area contributed by atoms with Gasteiger partial charge in [0, 0.05) is 12.4 Å². The largest absolute Gasteiger partial charge is 0.514 e. The predicted octanol–water partition coefficient (Wildman–Crippen LogP) is 1.85. The topological polar surface area (TPSA) is 12.4 Å². The van der Waals surface area contributed by atoms with Crippen molar-refractivity contribution in [3.63, 3.8) is 0 Å². The van der Waals surface area contributed by atoms with Crippen LogP contribution in [0.1, 0.15) is 0 Å². The molecule has 0 fully saturated rings. The normalized spacial score (nSPS) is 9.57. The molecule has 0 aromatic carbocycles. The van der Waals surface area contributed by atoms with Crippen LogP contribution in [0.4, 0.5) is 13.2 Å². The first-order chi connectivity index (χ1) is 2.56. The van der Waals surface area contributed by atoms with Gasteiger partial charge >= 0.3 is 6.30 Å². The maximum absolute atomic E-state index is 10.5. The zero-order valence-corrected chi connectivity index (χ0v) is 6.04. The van der Waals surface area contributed by atoms with Crippen LogP contribution in [0.5, 0.6) is 0 Å². The third-order valence-corrected chi connectivity index (χ3v) is 0.311. The van der Waals surface area contributed by atoms with Gasteiger partial charge in [-0.05, 0) is 0 Å². The van der Waals surface area contributed by atoms with Gasteiger partial charge in [-0.25, -0.2) is 0 Å². The van der Waals surface area contributed by atoms with Crippen LogP contribution in [0.15, 0.2) is 4.36 Å². The van der Waals surface area contributed by atoms with Crippen LogP contribution < -0.4 is 0 Å². The molecule has 0 aliphatic carbocycles. The molecular weight excluding hydrogens is 242 g/mol. The highest BCUT2D eigenvalue weighted by molar-refractivity contribution is 14.0. The fourth-order valence-corrected chi connectivity index (χ4v) is 0. The van der Waals surface area contributed by atoms with Crippen LogP contribution in [-0.2, 0) is 12.4 Å². The SMILES string of the molecule is FC(F)(F)N=S.I. The van der Waals surface area contributed by atoms with Gasteiger partial charge < -0.3 is 0 Å². The van der Waals surface area contributed by atoms with E-state index in [4.69, 9.17) is 0 Å². The Balaban J connectivity index is 0. The highest BCUT2D eigenvalue weighted by Crippen LogP contribution is 2.13. The lowest BCUT2D eigenvalue weighted by Gasteiger charge is -1.88. The summed E-state index contributed by atoms with van der Waals surface area (Å²) in [5, 5.41) is 0. The van der Waals surface area contributed by atoms with Crippen molar-refractivity contribution >= 4 is 36.4 Å². The van der Waals surface area contributed by atoms with Crippen molar-refractivity contribution in [2.24, 2.45) is 4.36 Å². The maximum Gasteiger partial charge on any atom is 0.514 e. The average Bonchev–Trinajstić information content (AvgIpc) is 1.35. The van der Waals surface area contributed by atoms with Gasteiger partial charge in [0.1, 0.15) is 0 Å². The lowest BCUT2D eigenvalue weighted by Crippen LogP contribution is -1.98. The molecule has 0 aliphatic heterocycles. The minimum absolute atomic E-state index is 0. The van der Waals surface area contributed by atoms with Gasteiger partial charge in [0.15, 0.2) is 0 Å². The van der Waals surface area contributed by atoms with Crippen molar-refractivity contribution < 1.29 is 13.2 Å². The molecule has 0 saturated heterocycles. The van der Waals surface area contributed by atoms with E-state index in [1.54, 1.807) is 4.36 Å². The quantitative estimate of drug-likeness (QED) is 0.467. The van der Waals surface area contributed by atoms with Gasteiger partial charge in [-0.3, -0.25) is 0 Å². The van der Waals surface area contributed by atoms with Gasteiger partial charge in [-0.15, -0.1) is 41.5 Å². The first kappa shape index (κ1) is 10.5. The summed E-state index contributed by atoms with van der Waals surface area (Å²) < 4.78 is 33.1. The molecule has 0 amide bonds. The highest BCUT2D eigenvalue weighted by Gasteiger charge is 2.24. The summed E-state index contributed by atoms with van der Waals surface area (Å²) in [7, 11) is 0. The Bertz CT molecular complexity index is 60.4. The molecule has 0 aliphatic rings. The van der Waals surface area contributed by atoms with E-state index in [1.165, 1.54) is 0 Å². The van der Waals surface area contributed by atoms with E-state index in [0.717, 1.165) is 0 Å². The van der Waals surface area contributed by atoms with Gasteiger partial charge in [0.25, 0.3) is 0 Å². The Labute approximate surface area is 60.5 Å². The zero-order valence-electron chi connectivity index (χ0n) is 2.90. The molecule has 0 N–H and O–H groups in total. The second-order valence-corrected chi connectivity index (χ2v) is 0.742. The number of hydrogen-bond acceptors (Lipinski definition) is 2. The molecule has 0 aromatic heterocycles. The summed E-state index contributed by atoms with van der Waals surface area (Å²) in [4.78, 5) is 0. The first-order valence-corrected chi connectivity index (χ1v) is 1.34. The molecule has 0 bridgehead atoms. The monoisotopic (exact) mass is 243 g/mol. The standard InChI is InChI=1S/CF3NS.HI/c2-1(3,4)5-6;/h;1H. The minimum Gasteiger partial charge on any atom is -0.148 e. The molecule has 0 rings (SSSR count). The van der Waals surface area contributed by atoms with Crippen molar-refractivity contribution in [1.82, 2.24) is 0 Å². The van der Waals surface area contributed by atoms with Crippen LogP contribution >= 0.6 is 24.0 Å². The van der Waals surface area contributed by atoms with E-state index in [-0.39, 0.29) is 24.0 Å². The zero-order chi connectivity index (χ0) is 5.21. The van der Waals surface area contributed by atoms with E-state index < -0.39 is 6.30 Å². The fourth-order valence-electron chi connectivity index (χ4n) is 0. The number of halogens is 4. The number of rotatable bonds is 0. The highest BCUT2D eigenvalue weighted by atomic mass is 127. The van der Waals surface area contributed by atoms with E-state index in [1.807, 2.05) is 0 Å². The Kier molecular flexibility index (Phi) is 5.30. The Hall–Kier alpha value is 0.540. The van der Waals surface area contributed by atoms with Gasteiger partial charge in [0.2, 0.25) is 0 Å². The summed E-state index contributed by atoms with van der Waals surface area (Å²) in [6.07, 6.45) is -4.52. The summed E-state index contributed by atoms with van der Waals surface area (Å²) in [5.41, 5.74) is 0. The number of alkyl halides is 3. The minimum atomic E-state index is -4.52. The molecule has 0 atom stereocenters. The summed E-state index contributed by atoms with van der Waals surface area (Å²) in [5.74, 6) is 0. The summed E-state index contributed by atoms with van der Waals surface area (Å²) >= 11 is 3.29. The van der Waals surface area contributed by atoms with Gasteiger partial charge in [0.05, 0.1) is 0 Å². The van der Waals surface area contributed by atoms with Crippen LogP contribution in [0.25, 0.3) is 0 Å². The van der Waals surface area contributed by atoms with Crippen LogP contribution in [0, 0.1) is 0 Å². The molecule has 44 valence electrons. The number of nitrogens with zero attached hydrogens (tertiary/aromatic N) is 1. The lowest BCUT2D eigenvalue weighted by atomic mass is 11.3. The fraction of sp³-hybridized carbons (Fsp3) is 1.00. The average molecular weight is 243 g/mol. The smallest absolute Gasteiger partial charge is 0.148 e. The molecule has 1 nitrogen and oxygen atoms in total. The van der Waals surface area contributed by atoms with E-state index >= 15 is 0 Å². The Morgan fingerprint density at radius 3 is 1.43 bits per heavy atom. The lowest BCUT2D eigenvalue weighted by molar-refractivity contribution is -0.117. The van der Waals surface area contributed by atoms with Crippen LogP contribution in [0.2, 0.25) is 0 Å². The predicted molar refractivity (Wildman–Crippen MR) is 31.3 cm³/mol. The van der Waals surface area contributed by atoms with E-state index in [9.17, 15) is 13.2 Å². The van der Waals surface area contributed by atoms with E-state index in [2.05, 4.69) is 12.4 Å². The summed E-state index contributed by atoms with van der Waals surface area (Å²) in [6, 6.07) is 0. The second kappa shape index (κ2) is 3.53. The van der Waals surface area contributed by atoms with Crippen molar-refractivity contribution in [3.8, 4) is 0 Å². The summed E-state index contributed by atoms with van der Waals surface area (Å²) in [6.45, 7) is 0. The molecule has 0 spiro atoms. The third-order valence-electron chi connectivity index (χ3n) is 0.104. The second-order valence-electron chi connectivity index (χ2n) is 0.559. The first-order valence-electron chi connectivity index (χ1n) is 0.973. The molecule has 0 saturated carbocycles. The van der Waals surface area contributed by atoms with E-state index in [0.29, 0.717) is 0 Å². The van der Waals surface area contributed by atoms with Crippen molar-refractivity contribution in [2.75, 3.05) is 0 Å². The number of hydrogen-bond donors (Lipinski definition) is 0. The molecule has 0 unspecified atom stereocenters.